The van der Waals surface area contributed by atoms with Crippen molar-refractivity contribution in [3.8, 4) is 11.5 Å². The van der Waals surface area contributed by atoms with Crippen LogP contribution in [0.25, 0.3) is 0 Å². The second-order valence-corrected chi connectivity index (χ2v) is 6.36. The standard InChI is InChI=1S/C20H22N2O3.ClH/c23-19-8-3-9-22(19)17-6-1-4-15(12-17)13-21-14-16-5-2-7-18-20(16)25-11-10-24-18;/h1-2,4-7,12,21H,3,8-11,13-14H2;1H. The summed E-state index contributed by atoms with van der Waals surface area (Å²) in [5, 5.41) is 3.46. The summed E-state index contributed by atoms with van der Waals surface area (Å²) >= 11 is 0. The zero-order valence-corrected chi connectivity index (χ0v) is 15.4. The van der Waals surface area contributed by atoms with Crippen molar-refractivity contribution in [3.05, 3.63) is 53.6 Å². The maximum absolute atomic E-state index is 11.9. The normalized spacial score (nSPS) is 15.7. The molecule has 0 atom stereocenters. The van der Waals surface area contributed by atoms with Crippen molar-refractivity contribution >= 4 is 24.0 Å². The van der Waals surface area contributed by atoms with Gasteiger partial charge in [0.1, 0.15) is 13.2 Å². The largest absolute Gasteiger partial charge is 0.486 e. The third kappa shape index (κ3) is 3.94. The number of hydrogen-bond acceptors (Lipinski definition) is 4. The van der Waals surface area contributed by atoms with Gasteiger partial charge in [-0.15, -0.1) is 12.4 Å². The topological polar surface area (TPSA) is 50.8 Å². The Morgan fingerprint density at radius 3 is 2.73 bits per heavy atom. The Morgan fingerprint density at radius 1 is 1.04 bits per heavy atom. The van der Waals surface area contributed by atoms with Gasteiger partial charge in [0.15, 0.2) is 11.5 Å². The van der Waals surface area contributed by atoms with Gasteiger partial charge in [-0.1, -0.05) is 24.3 Å². The minimum atomic E-state index is 0. The van der Waals surface area contributed by atoms with Gasteiger partial charge < -0.3 is 19.7 Å². The van der Waals surface area contributed by atoms with Gasteiger partial charge in [-0.25, -0.2) is 0 Å². The SMILES string of the molecule is Cl.O=C1CCCN1c1cccc(CNCc2cccc3c2OCCO3)c1. The van der Waals surface area contributed by atoms with E-state index in [0.29, 0.717) is 26.2 Å². The molecular weight excluding hydrogens is 352 g/mol. The lowest BCUT2D eigenvalue weighted by molar-refractivity contribution is -0.117. The molecule has 26 heavy (non-hydrogen) atoms. The van der Waals surface area contributed by atoms with Crippen LogP contribution in [-0.2, 0) is 17.9 Å². The predicted molar refractivity (Wildman–Crippen MR) is 103 cm³/mol. The van der Waals surface area contributed by atoms with Gasteiger partial charge in [0.2, 0.25) is 5.91 Å². The highest BCUT2D eigenvalue weighted by Crippen LogP contribution is 2.33. The van der Waals surface area contributed by atoms with E-state index in [0.717, 1.165) is 42.3 Å². The molecular formula is C20H23ClN2O3. The quantitative estimate of drug-likeness (QED) is 0.872. The van der Waals surface area contributed by atoms with Crippen molar-refractivity contribution in [2.24, 2.45) is 0 Å². The summed E-state index contributed by atoms with van der Waals surface area (Å²) in [6.07, 6.45) is 1.60. The number of ether oxygens (including phenoxy) is 2. The van der Waals surface area contributed by atoms with Gasteiger partial charge in [0, 0.05) is 37.3 Å². The molecule has 138 valence electrons. The lowest BCUT2D eigenvalue weighted by Crippen LogP contribution is -2.24. The molecule has 2 heterocycles. The monoisotopic (exact) mass is 374 g/mol. The molecule has 2 aromatic carbocycles. The number of carbonyl (C=O) groups is 1. The smallest absolute Gasteiger partial charge is 0.227 e. The average Bonchev–Trinajstić information content (AvgIpc) is 3.08. The second-order valence-electron chi connectivity index (χ2n) is 6.36. The van der Waals surface area contributed by atoms with Crippen molar-refractivity contribution in [1.82, 2.24) is 5.32 Å². The molecule has 0 bridgehead atoms. The first kappa shape index (κ1) is 18.5. The highest BCUT2D eigenvalue weighted by molar-refractivity contribution is 5.95. The predicted octanol–water partition coefficient (Wildman–Crippen LogP) is 3.30. The van der Waals surface area contributed by atoms with E-state index in [2.05, 4.69) is 23.5 Å². The molecule has 1 N–H and O–H groups in total. The van der Waals surface area contributed by atoms with Gasteiger partial charge in [-0.3, -0.25) is 4.79 Å². The fraction of sp³-hybridized carbons (Fsp3) is 0.350. The number of nitrogens with zero attached hydrogens (tertiary/aromatic N) is 1. The number of rotatable bonds is 5. The highest BCUT2D eigenvalue weighted by atomic mass is 35.5. The van der Waals surface area contributed by atoms with Gasteiger partial charge >= 0.3 is 0 Å². The van der Waals surface area contributed by atoms with Crippen molar-refractivity contribution in [2.45, 2.75) is 25.9 Å². The fourth-order valence-electron chi connectivity index (χ4n) is 3.37. The van der Waals surface area contributed by atoms with E-state index in [1.165, 1.54) is 5.56 Å². The van der Waals surface area contributed by atoms with Crippen LogP contribution in [-0.4, -0.2) is 25.7 Å². The number of amides is 1. The summed E-state index contributed by atoms with van der Waals surface area (Å²) in [4.78, 5) is 13.8. The zero-order chi connectivity index (χ0) is 17.1. The van der Waals surface area contributed by atoms with E-state index in [9.17, 15) is 4.79 Å². The highest BCUT2D eigenvalue weighted by Gasteiger charge is 2.21. The Balaban J connectivity index is 0.00000196. The van der Waals surface area contributed by atoms with Crippen molar-refractivity contribution in [1.29, 1.82) is 0 Å². The number of fused-ring (bicyclic) bond motifs is 1. The van der Waals surface area contributed by atoms with Gasteiger partial charge in [0.05, 0.1) is 0 Å². The summed E-state index contributed by atoms with van der Waals surface area (Å²) in [5.41, 5.74) is 3.26. The van der Waals surface area contributed by atoms with Crippen LogP contribution in [0.1, 0.15) is 24.0 Å². The lowest BCUT2D eigenvalue weighted by Gasteiger charge is -2.21. The number of carbonyl (C=O) groups excluding carboxylic acids is 1. The molecule has 2 aromatic rings. The maximum atomic E-state index is 11.9. The van der Waals surface area contributed by atoms with E-state index >= 15 is 0 Å². The molecule has 6 heteroatoms. The van der Waals surface area contributed by atoms with E-state index in [1.807, 2.05) is 29.2 Å². The molecule has 0 saturated carbocycles. The summed E-state index contributed by atoms with van der Waals surface area (Å²) in [6, 6.07) is 14.2. The van der Waals surface area contributed by atoms with Gasteiger partial charge in [-0.2, -0.15) is 0 Å². The van der Waals surface area contributed by atoms with Crippen LogP contribution in [0.2, 0.25) is 0 Å². The van der Waals surface area contributed by atoms with Crippen LogP contribution in [0.3, 0.4) is 0 Å². The number of nitrogens with one attached hydrogen (secondary N) is 1. The van der Waals surface area contributed by atoms with E-state index in [-0.39, 0.29) is 18.3 Å². The lowest BCUT2D eigenvalue weighted by atomic mass is 10.1. The molecule has 1 fully saturated rings. The van der Waals surface area contributed by atoms with E-state index < -0.39 is 0 Å². The molecule has 0 spiro atoms. The van der Waals surface area contributed by atoms with Crippen molar-refractivity contribution < 1.29 is 14.3 Å². The van der Waals surface area contributed by atoms with Gasteiger partial charge in [-0.05, 0) is 30.2 Å². The maximum Gasteiger partial charge on any atom is 0.227 e. The molecule has 4 rings (SSSR count). The summed E-state index contributed by atoms with van der Waals surface area (Å²) in [7, 11) is 0. The molecule has 1 amide bonds. The Hall–Kier alpha value is -2.24. The van der Waals surface area contributed by atoms with E-state index in [1.54, 1.807) is 0 Å². The molecule has 1 saturated heterocycles. The van der Waals surface area contributed by atoms with Crippen LogP contribution in [0.4, 0.5) is 5.69 Å². The zero-order valence-electron chi connectivity index (χ0n) is 14.6. The molecule has 0 aliphatic carbocycles. The molecule has 5 nitrogen and oxygen atoms in total. The van der Waals surface area contributed by atoms with Crippen LogP contribution in [0.15, 0.2) is 42.5 Å². The fourth-order valence-corrected chi connectivity index (χ4v) is 3.37. The number of hydrogen-bond donors (Lipinski definition) is 1. The van der Waals surface area contributed by atoms with Crippen LogP contribution >= 0.6 is 12.4 Å². The Morgan fingerprint density at radius 2 is 1.88 bits per heavy atom. The Kier molecular flexibility index (Phi) is 6.01. The molecule has 2 aliphatic rings. The molecule has 0 radical (unpaired) electrons. The van der Waals surface area contributed by atoms with Crippen molar-refractivity contribution in [3.63, 3.8) is 0 Å². The first-order valence-electron chi connectivity index (χ1n) is 8.79. The van der Waals surface area contributed by atoms with Gasteiger partial charge in [0.25, 0.3) is 0 Å². The molecule has 2 aliphatic heterocycles. The molecule has 0 unspecified atom stereocenters. The first-order valence-corrected chi connectivity index (χ1v) is 8.79. The van der Waals surface area contributed by atoms with Crippen molar-refractivity contribution in [2.75, 3.05) is 24.7 Å². The average molecular weight is 375 g/mol. The second kappa shape index (κ2) is 8.43. The number of para-hydroxylation sites is 1. The van der Waals surface area contributed by atoms with Crippen LogP contribution in [0.5, 0.6) is 11.5 Å². The van der Waals surface area contributed by atoms with Crippen LogP contribution in [0, 0.1) is 0 Å². The summed E-state index contributed by atoms with van der Waals surface area (Å²) in [5.74, 6) is 1.89. The third-order valence-corrected chi connectivity index (χ3v) is 4.59. The Bertz CT molecular complexity index is 781. The van der Waals surface area contributed by atoms with E-state index in [4.69, 9.17) is 9.47 Å². The number of benzene rings is 2. The third-order valence-electron chi connectivity index (χ3n) is 4.59. The number of anilines is 1. The first-order chi connectivity index (χ1) is 12.3. The summed E-state index contributed by atoms with van der Waals surface area (Å²) < 4.78 is 11.4. The molecule has 0 aromatic heterocycles. The minimum absolute atomic E-state index is 0. The minimum Gasteiger partial charge on any atom is -0.486 e. The van der Waals surface area contributed by atoms with Crippen LogP contribution < -0.4 is 19.7 Å². The summed E-state index contributed by atoms with van der Waals surface area (Å²) in [6.45, 7) is 3.46. The Labute approximate surface area is 159 Å². The number of halogens is 1.